The van der Waals surface area contributed by atoms with E-state index in [0.717, 1.165) is 40.7 Å². The zero-order valence-corrected chi connectivity index (χ0v) is 19.7. The number of hydrogen-bond donors (Lipinski definition) is 1. The van der Waals surface area contributed by atoms with Crippen molar-refractivity contribution in [1.82, 2.24) is 29.6 Å². The summed E-state index contributed by atoms with van der Waals surface area (Å²) in [4.78, 5) is 15.9. The zero-order chi connectivity index (χ0) is 24.5. The molecule has 5 heterocycles. The molecule has 8 heteroatoms. The Kier molecular flexibility index (Phi) is 5.87. The molecule has 1 fully saturated rings. The molecule has 0 radical (unpaired) electrons. The van der Waals surface area contributed by atoms with Gasteiger partial charge in [-0.05, 0) is 74.0 Å². The van der Waals surface area contributed by atoms with Crippen molar-refractivity contribution in [1.29, 1.82) is 0 Å². The average Bonchev–Trinajstić information content (AvgIpc) is 3.61. The minimum Gasteiger partial charge on any atom is -0.508 e. The minimum absolute atomic E-state index is 0.0266. The number of hydrogen-bond acceptors (Lipinski definition) is 6. The van der Waals surface area contributed by atoms with E-state index in [1.165, 1.54) is 44.1 Å². The molecule has 7 nitrogen and oxygen atoms in total. The lowest BCUT2D eigenvalue weighted by Gasteiger charge is -2.13. The van der Waals surface area contributed by atoms with Gasteiger partial charge >= 0.3 is 0 Å². The van der Waals surface area contributed by atoms with Gasteiger partial charge in [-0.2, -0.15) is 5.10 Å². The lowest BCUT2D eigenvalue weighted by Crippen LogP contribution is -2.24. The van der Waals surface area contributed by atoms with Crippen molar-refractivity contribution in [2.75, 3.05) is 19.6 Å². The standard InChI is InChI=1S/C28H25FN6O/c29-26-6-5-22(36)13-25(26)27-14-24(23-4-3-7-31-28(23)33-27)20-12-19(15-30-16-20)21-17-32-35(18-21)11-10-34-8-1-2-9-34/h3-7,12-18,36H,1-2,8-11H2. The molecule has 1 aliphatic heterocycles. The summed E-state index contributed by atoms with van der Waals surface area (Å²) in [5.41, 5.74) is 4.73. The largest absolute Gasteiger partial charge is 0.508 e. The van der Waals surface area contributed by atoms with Gasteiger partial charge in [-0.1, -0.05) is 0 Å². The second-order valence-electron chi connectivity index (χ2n) is 9.10. The van der Waals surface area contributed by atoms with E-state index >= 15 is 0 Å². The second-order valence-corrected chi connectivity index (χ2v) is 9.10. The van der Waals surface area contributed by atoms with Crippen LogP contribution in [0.5, 0.6) is 5.75 Å². The van der Waals surface area contributed by atoms with E-state index in [1.54, 1.807) is 12.4 Å². The first-order chi connectivity index (χ1) is 17.6. The third-order valence-electron chi connectivity index (χ3n) is 6.67. The zero-order valence-electron chi connectivity index (χ0n) is 19.7. The molecule has 4 aromatic heterocycles. The van der Waals surface area contributed by atoms with Crippen LogP contribution in [-0.4, -0.2) is 54.4 Å². The van der Waals surface area contributed by atoms with Crippen LogP contribution in [0.1, 0.15) is 12.8 Å². The molecule has 0 unspecified atom stereocenters. The van der Waals surface area contributed by atoms with Gasteiger partial charge < -0.3 is 10.0 Å². The van der Waals surface area contributed by atoms with Crippen molar-refractivity contribution in [3.8, 4) is 39.3 Å². The molecule has 1 aromatic carbocycles. The van der Waals surface area contributed by atoms with Gasteiger partial charge in [0.1, 0.15) is 11.6 Å². The van der Waals surface area contributed by atoms with Crippen molar-refractivity contribution in [3.05, 3.63) is 79.3 Å². The molecule has 0 atom stereocenters. The second kappa shape index (κ2) is 9.47. The molecule has 0 spiro atoms. The first kappa shape index (κ1) is 22.3. The van der Waals surface area contributed by atoms with Crippen molar-refractivity contribution in [2.24, 2.45) is 0 Å². The summed E-state index contributed by atoms with van der Waals surface area (Å²) < 4.78 is 16.6. The fourth-order valence-electron chi connectivity index (χ4n) is 4.77. The summed E-state index contributed by atoms with van der Waals surface area (Å²) in [5, 5.41) is 15.3. The third-order valence-corrected chi connectivity index (χ3v) is 6.67. The lowest BCUT2D eigenvalue weighted by molar-refractivity contribution is 0.316. The van der Waals surface area contributed by atoms with Crippen LogP contribution in [0.3, 0.4) is 0 Å². The summed E-state index contributed by atoms with van der Waals surface area (Å²) in [5.74, 6) is -0.490. The Labute approximate surface area is 207 Å². The number of pyridine rings is 3. The van der Waals surface area contributed by atoms with Crippen LogP contribution in [0.4, 0.5) is 4.39 Å². The lowest BCUT2D eigenvalue weighted by atomic mass is 9.99. The number of aromatic nitrogens is 5. The van der Waals surface area contributed by atoms with E-state index < -0.39 is 5.82 Å². The first-order valence-corrected chi connectivity index (χ1v) is 12.1. The van der Waals surface area contributed by atoms with E-state index in [1.807, 2.05) is 35.3 Å². The molecule has 0 bridgehead atoms. The number of nitrogens with zero attached hydrogens (tertiary/aromatic N) is 6. The maximum Gasteiger partial charge on any atom is 0.160 e. The van der Waals surface area contributed by atoms with Gasteiger partial charge in [0.2, 0.25) is 0 Å². The Morgan fingerprint density at radius 1 is 0.889 bits per heavy atom. The highest BCUT2D eigenvalue weighted by Crippen LogP contribution is 2.34. The normalized spacial score (nSPS) is 14.0. The first-order valence-electron chi connectivity index (χ1n) is 12.1. The van der Waals surface area contributed by atoms with Gasteiger partial charge in [-0.25, -0.2) is 14.4 Å². The summed E-state index contributed by atoms with van der Waals surface area (Å²) in [6, 6.07) is 11.6. The van der Waals surface area contributed by atoms with Gasteiger partial charge in [0.15, 0.2) is 5.65 Å². The summed E-state index contributed by atoms with van der Waals surface area (Å²) >= 11 is 0. The highest BCUT2D eigenvalue weighted by Gasteiger charge is 2.15. The molecular weight excluding hydrogens is 455 g/mol. The van der Waals surface area contributed by atoms with Gasteiger partial charge in [0, 0.05) is 59.0 Å². The molecule has 180 valence electrons. The fraction of sp³-hybridized carbons (Fsp3) is 0.214. The maximum absolute atomic E-state index is 14.6. The maximum atomic E-state index is 14.6. The summed E-state index contributed by atoms with van der Waals surface area (Å²) in [6.45, 7) is 4.20. The number of halogens is 1. The molecule has 1 aliphatic rings. The minimum atomic E-state index is -0.463. The van der Waals surface area contributed by atoms with Gasteiger partial charge in [-0.3, -0.25) is 9.67 Å². The molecule has 1 saturated heterocycles. The molecule has 6 rings (SSSR count). The number of aromatic hydroxyl groups is 1. The quantitative estimate of drug-likeness (QED) is 0.362. The van der Waals surface area contributed by atoms with Crippen LogP contribution in [0, 0.1) is 5.82 Å². The molecule has 0 aliphatic carbocycles. The molecule has 0 saturated carbocycles. The summed E-state index contributed by atoms with van der Waals surface area (Å²) in [7, 11) is 0. The Morgan fingerprint density at radius 3 is 2.64 bits per heavy atom. The third kappa shape index (κ3) is 4.43. The number of likely N-dealkylation sites (tertiary alicyclic amines) is 1. The number of phenols is 1. The van der Waals surface area contributed by atoms with E-state index in [0.29, 0.717) is 11.3 Å². The van der Waals surface area contributed by atoms with Crippen LogP contribution in [-0.2, 0) is 6.54 Å². The predicted molar refractivity (Wildman–Crippen MR) is 137 cm³/mol. The van der Waals surface area contributed by atoms with Crippen LogP contribution < -0.4 is 0 Å². The SMILES string of the molecule is Oc1ccc(F)c(-c2cc(-c3cncc(-c4cnn(CCN5CCCC5)c4)c3)c3cccnc3n2)c1. The van der Waals surface area contributed by atoms with Crippen molar-refractivity contribution < 1.29 is 9.50 Å². The Hall–Kier alpha value is -4.17. The highest BCUT2D eigenvalue weighted by molar-refractivity contribution is 5.95. The molecule has 1 N–H and O–H groups in total. The van der Waals surface area contributed by atoms with Gasteiger partial charge in [-0.15, -0.1) is 0 Å². The Bertz CT molecular complexity index is 1540. The van der Waals surface area contributed by atoms with Gasteiger partial charge in [0.05, 0.1) is 18.4 Å². The van der Waals surface area contributed by atoms with Crippen LogP contribution >= 0.6 is 0 Å². The average molecular weight is 481 g/mol. The van der Waals surface area contributed by atoms with Crippen molar-refractivity contribution >= 4 is 11.0 Å². The molecule has 5 aromatic rings. The Balaban J connectivity index is 1.37. The smallest absolute Gasteiger partial charge is 0.160 e. The monoisotopic (exact) mass is 480 g/mol. The van der Waals surface area contributed by atoms with Crippen LogP contribution in [0.15, 0.2) is 73.4 Å². The van der Waals surface area contributed by atoms with E-state index in [-0.39, 0.29) is 11.3 Å². The number of phenolic OH excluding ortho intramolecular Hbond substituents is 1. The topological polar surface area (TPSA) is 80.0 Å². The highest BCUT2D eigenvalue weighted by atomic mass is 19.1. The fourth-order valence-corrected chi connectivity index (χ4v) is 4.77. The number of benzene rings is 1. The number of fused-ring (bicyclic) bond motifs is 1. The van der Waals surface area contributed by atoms with Crippen LogP contribution in [0.2, 0.25) is 0 Å². The predicted octanol–water partition coefficient (Wildman–Crippen LogP) is 5.16. The van der Waals surface area contributed by atoms with E-state index in [4.69, 9.17) is 0 Å². The van der Waals surface area contributed by atoms with E-state index in [9.17, 15) is 9.50 Å². The van der Waals surface area contributed by atoms with Crippen molar-refractivity contribution in [3.63, 3.8) is 0 Å². The molecule has 0 amide bonds. The number of rotatable bonds is 6. The van der Waals surface area contributed by atoms with E-state index in [2.05, 4.69) is 37.2 Å². The molecule has 36 heavy (non-hydrogen) atoms. The van der Waals surface area contributed by atoms with Gasteiger partial charge in [0.25, 0.3) is 0 Å². The molecular formula is C28H25FN6O. The van der Waals surface area contributed by atoms with Crippen molar-refractivity contribution in [2.45, 2.75) is 19.4 Å². The Morgan fingerprint density at radius 2 is 1.75 bits per heavy atom. The summed E-state index contributed by atoms with van der Waals surface area (Å²) in [6.07, 6.45) is 11.7. The van der Waals surface area contributed by atoms with Crippen LogP contribution in [0.25, 0.3) is 44.5 Å².